The van der Waals surface area contributed by atoms with Gasteiger partial charge < -0.3 is 4.74 Å². The summed E-state index contributed by atoms with van der Waals surface area (Å²) in [4.78, 5) is 12.1. The van der Waals surface area contributed by atoms with E-state index in [1.807, 2.05) is 0 Å². The zero-order valence-corrected chi connectivity index (χ0v) is 10.7. The number of hydrogen-bond donors (Lipinski definition) is 0. The highest BCUT2D eigenvalue weighted by Gasteiger charge is 2.14. The van der Waals surface area contributed by atoms with Crippen LogP contribution >= 0.6 is 11.6 Å². The molecule has 0 aliphatic rings. The van der Waals surface area contributed by atoms with Gasteiger partial charge >= 0.3 is 6.61 Å². The van der Waals surface area contributed by atoms with E-state index >= 15 is 0 Å². The second-order valence-electron chi connectivity index (χ2n) is 3.86. The number of ketones is 1. The Morgan fingerprint density at radius 3 is 2.35 bits per heavy atom. The second-order valence-corrected chi connectivity index (χ2v) is 4.26. The Labute approximate surface area is 117 Å². The van der Waals surface area contributed by atoms with Gasteiger partial charge in [0.05, 0.1) is 5.02 Å². The third kappa shape index (κ3) is 3.30. The second kappa shape index (κ2) is 5.96. The summed E-state index contributed by atoms with van der Waals surface area (Å²) in [5, 5.41) is 0.115. The van der Waals surface area contributed by atoms with E-state index < -0.39 is 18.2 Å². The molecule has 0 unspecified atom stereocenters. The molecule has 0 aliphatic heterocycles. The summed E-state index contributed by atoms with van der Waals surface area (Å²) in [5.74, 6) is -1.16. The molecule has 2 rings (SSSR count). The number of halogens is 4. The summed E-state index contributed by atoms with van der Waals surface area (Å²) < 4.78 is 41.3. The molecule has 0 bridgehead atoms. The van der Waals surface area contributed by atoms with E-state index in [1.54, 1.807) is 0 Å². The average Bonchev–Trinajstić information content (AvgIpc) is 2.41. The Hall–Kier alpha value is -2.01. The number of rotatable bonds is 4. The first kappa shape index (κ1) is 14.4. The topological polar surface area (TPSA) is 26.3 Å². The van der Waals surface area contributed by atoms with Crippen molar-refractivity contribution in [1.29, 1.82) is 0 Å². The largest absolute Gasteiger partial charge is 0.435 e. The minimum Gasteiger partial charge on any atom is -0.435 e. The zero-order valence-electron chi connectivity index (χ0n) is 9.95. The first-order chi connectivity index (χ1) is 9.47. The molecule has 0 spiro atoms. The fraction of sp³-hybridized carbons (Fsp3) is 0.0714. The molecule has 0 saturated carbocycles. The first-order valence-electron chi connectivity index (χ1n) is 5.52. The Balaban J connectivity index is 2.27. The van der Waals surface area contributed by atoms with Gasteiger partial charge in [-0.3, -0.25) is 4.79 Å². The lowest BCUT2D eigenvalue weighted by Gasteiger charge is -2.06. The number of alkyl halides is 2. The van der Waals surface area contributed by atoms with Crippen LogP contribution in [0.5, 0.6) is 5.75 Å². The lowest BCUT2D eigenvalue weighted by atomic mass is 10.0. The predicted octanol–water partition coefficient (Wildman–Crippen LogP) is 4.31. The van der Waals surface area contributed by atoms with Gasteiger partial charge in [0.2, 0.25) is 0 Å². The molecule has 2 aromatic rings. The fourth-order valence-corrected chi connectivity index (χ4v) is 1.82. The first-order valence-corrected chi connectivity index (χ1v) is 5.90. The molecular weight excluding hydrogens is 293 g/mol. The maximum absolute atomic E-state index is 13.1. The van der Waals surface area contributed by atoms with E-state index in [9.17, 15) is 18.0 Å². The highest BCUT2D eigenvalue weighted by molar-refractivity contribution is 6.34. The molecule has 0 saturated heterocycles. The number of carbonyl (C=O) groups excluding carboxylic acids is 1. The summed E-state index contributed by atoms with van der Waals surface area (Å²) in [6, 6.07) is 8.51. The third-order valence-corrected chi connectivity index (χ3v) is 2.84. The van der Waals surface area contributed by atoms with E-state index in [1.165, 1.54) is 30.3 Å². The van der Waals surface area contributed by atoms with Crippen LogP contribution in [0.2, 0.25) is 5.02 Å². The van der Waals surface area contributed by atoms with E-state index in [0.29, 0.717) is 0 Å². The van der Waals surface area contributed by atoms with Crippen LogP contribution in [-0.2, 0) is 0 Å². The average molecular weight is 301 g/mol. The van der Waals surface area contributed by atoms with Crippen molar-refractivity contribution in [2.45, 2.75) is 6.61 Å². The third-order valence-electron chi connectivity index (χ3n) is 2.51. The van der Waals surface area contributed by atoms with Gasteiger partial charge in [0.15, 0.2) is 5.78 Å². The van der Waals surface area contributed by atoms with Crippen molar-refractivity contribution in [2.75, 3.05) is 0 Å². The summed E-state index contributed by atoms with van der Waals surface area (Å²) in [6.45, 7) is -2.94. The number of benzene rings is 2. The quantitative estimate of drug-likeness (QED) is 0.786. The summed E-state index contributed by atoms with van der Waals surface area (Å²) >= 11 is 5.83. The molecule has 6 heteroatoms. The van der Waals surface area contributed by atoms with Crippen molar-refractivity contribution in [1.82, 2.24) is 0 Å². The maximum atomic E-state index is 13.1. The molecule has 0 aliphatic carbocycles. The zero-order chi connectivity index (χ0) is 14.7. The van der Waals surface area contributed by atoms with Crippen molar-refractivity contribution in [3.05, 3.63) is 64.4 Å². The van der Waals surface area contributed by atoms with Crippen LogP contribution < -0.4 is 4.74 Å². The lowest BCUT2D eigenvalue weighted by molar-refractivity contribution is -0.0498. The van der Waals surface area contributed by atoms with Crippen LogP contribution in [0, 0.1) is 5.82 Å². The standard InChI is InChI=1S/C14H8ClF3O2/c15-12-6-3-9(16)7-11(12)13(19)8-1-4-10(5-2-8)20-14(17)18/h1-7,14H. The number of carbonyl (C=O) groups is 1. The van der Waals surface area contributed by atoms with Gasteiger partial charge in [-0.25, -0.2) is 4.39 Å². The Morgan fingerprint density at radius 1 is 1.10 bits per heavy atom. The molecule has 0 aromatic heterocycles. The summed E-state index contributed by atoms with van der Waals surface area (Å²) in [6.07, 6.45) is 0. The molecular formula is C14H8ClF3O2. The van der Waals surface area contributed by atoms with Gasteiger partial charge in [-0.05, 0) is 42.5 Å². The van der Waals surface area contributed by atoms with Gasteiger partial charge in [-0.2, -0.15) is 8.78 Å². The van der Waals surface area contributed by atoms with Crippen LogP contribution in [-0.4, -0.2) is 12.4 Å². The van der Waals surface area contributed by atoms with Crippen LogP contribution in [0.25, 0.3) is 0 Å². The van der Waals surface area contributed by atoms with Crippen molar-refractivity contribution in [3.63, 3.8) is 0 Å². The molecule has 2 aromatic carbocycles. The van der Waals surface area contributed by atoms with Gasteiger partial charge in [0.25, 0.3) is 0 Å². The Kier molecular flexibility index (Phi) is 4.29. The van der Waals surface area contributed by atoms with Crippen LogP contribution in [0.15, 0.2) is 42.5 Å². The van der Waals surface area contributed by atoms with Crippen LogP contribution in [0.3, 0.4) is 0 Å². The summed E-state index contributed by atoms with van der Waals surface area (Å²) in [7, 11) is 0. The van der Waals surface area contributed by atoms with E-state index in [-0.39, 0.29) is 21.9 Å². The van der Waals surface area contributed by atoms with Gasteiger partial charge in [-0.1, -0.05) is 11.6 Å². The molecule has 20 heavy (non-hydrogen) atoms. The molecule has 0 fully saturated rings. The molecule has 0 amide bonds. The maximum Gasteiger partial charge on any atom is 0.387 e. The van der Waals surface area contributed by atoms with Crippen molar-refractivity contribution in [2.24, 2.45) is 0 Å². The molecule has 2 nitrogen and oxygen atoms in total. The van der Waals surface area contributed by atoms with Crippen LogP contribution in [0.1, 0.15) is 15.9 Å². The molecule has 0 N–H and O–H groups in total. The highest BCUT2D eigenvalue weighted by atomic mass is 35.5. The number of ether oxygens (including phenoxy) is 1. The molecule has 0 heterocycles. The highest BCUT2D eigenvalue weighted by Crippen LogP contribution is 2.22. The normalized spacial score (nSPS) is 10.7. The number of hydrogen-bond acceptors (Lipinski definition) is 2. The smallest absolute Gasteiger partial charge is 0.387 e. The van der Waals surface area contributed by atoms with E-state index in [4.69, 9.17) is 11.6 Å². The van der Waals surface area contributed by atoms with Crippen molar-refractivity contribution in [3.8, 4) is 5.75 Å². The molecule has 0 atom stereocenters. The monoisotopic (exact) mass is 300 g/mol. The Morgan fingerprint density at radius 2 is 1.75 bits per heavy atom. The molecule has 104 valence electrons. The molecule has 0 radical (unpaired) electrons. The van der Waals surface area contributed by atoms with Crippen LogP contribution in [0.4, 0.5) is 13.2 Å². The lowest BCUT2D eigenvalue weighted by Crippen LogP contribution is -2.04. The Bertz CT molecular complexity index is 627. The summed E-state index contributed by atoms with van der Waals surface area (Å²) in [5.41, 5.74) is 0.202. The van der Waals surface area contributed by atoms with Gasteiger partial charge in [0, 0.05) is 11.1 Å². The van der Waals surface area contributed by atoms with E-state index in [2.05, 4.69) is 4.74 Å². The predicted molar refractivity (Wildman–Crippen MR) is 67.9 cm³/mol. The van der Waals surface area contributed by atoms with Gasteiger partial charge in [-0.15, -0.1) is 0 Å². The van der Waals surface area contributed by atoms with Gasteiger partial charge in [0.1, 0.15) is 11.6 Å². The minimum absolute atomic E-state index is 0.00851. The SMILES string of the molecule is O=C(c1ccc(OC(F)F)cc1)c1cc(F)ccc1Cl. The fourth-order valence-electron chi connectivity index (χ4n) is 1.61. The van der Waals surface area contributed by atoms with Crippen molar-refractivity contribution < 1.29 is 22.7 Å². The van der Waals surface area contributed by atoms with E-state index in [0.717, 1.165) is 12.1 Å². The van der Waals surface area contributed by atoms with Crippen molar-refractivity contribution >= 4 is 17.4 Å². The minimum atomic E-state index is -2.94.